The van der Waals surface area contributed by atoms with Crippen LogP contribution in [0.4, 0.5) is 10.8 Å². The lowest BCUT2D eigenvalue weighted by Crippen LogP contribution is -2.52. The zero-order chi connectivity index (χ0) is 21.8. The molecule has 0 saturated carbocycles. The highest BCUT2D eigenvalue weighted by atomic mass is 35.5. The minimum absolute atomic E-state index is 0.00130. The zero-order valence-electron chi connectivity index (χ0n) is 16.5. The maximum atomic E-state index is 12.7. The van der Waals surface area contributed by atoms with Gasteiger partial charge in [0.1, 0.15) is 5.69 Å². The number of piperazine rings is 1. The molecule has 1 aliphatic rings. The van der Waals surface area contributed by atoms with E-state index >= 15 is 0 Å². The van der Waals surface area contributed by atoms with Gasteiger partial charge in [-0.1, -0.05) is 29.3 Å². The summed E-state index contributed by atoms with van der Waals surface area (Å²) in [5.74, 6) is -0.512. The molecule has 1 fully saturated rings. The van der Waals surface area contributed by atoms with Crippen molar-refractivity contribution in [3.05, 3.63) is 39.3 Å². The Bertz CT molecular complexity index is 959. The first-order valence-electron chi connectivity index (χ1n) is 9.21. The van der Waals surface area contributed by atoms with E-state index in [-0.39, 0.29) is 30.0 Å². The Morgan fingerprint density at radius 1 is 1.17 bits per heavy atom. The number of benzene rings is 1. The largest absolute Gasteiger partial charge is 0.339 e. The molecule has 1 aromatic heterocycles. The van der Waals surface area contributed by atoms with Crippen molar-refractivity contribution in [2.75, 3.05) is 45.1 Å². The predicted molar refractivity (Wildman–Crippen MR) is 118 cm³/mol. The summed E-state index contributed by atoms with van der Waals surface area (Å²) in [6, 6.07) is 5.19. The Morgan fingerprint density at radius 2 is 1.83 bits per heavy atom. The molecule has 0 aliphatic carbocycles. The Morgan fingerprint density at radius 3 is 2.50 bits per heavy atom. The summed E-state index contributed by atoms with van der Waals surface area (Å²) in [6.45, 7) is 3.40. The van der Waals surface area contributed by atoms with E-state index in [0.717, 1.165) is 0 Å². The number of nitrogens with one attached hydrogen (secondary N) is 1. The van der Waals surface area contributed by atoms with Crippen LogP contribution in [0.25, 0.3) is 0 Å². The molecule has 1 N–H and O–H groups in total. The number of aromatic nitrogens is 1. The van der Waals surface area contributed by atoms with Crippen LogP contribution in [-0.4, -0.2) is 77.2 Å². The molecular formula is C19H21Cl2N5O3S. The number of hydrogen-bond acceptors (Lipinski definition) is 6. The van der Waals surface area contributed by atoms with Gasteiger partial charge in [0, 0.05) is 45.5 Å². The molecule has 0 spiro atoms. The van der Waals surface area contributed by atoms with E-state index in [1.54, 1.807) is 40.4 Å². The van der Waals surface area contributed by atoms with Crippen LogP contribution < -0.4 is 5.32 Å². The highest BCUT2D eigenvalue weighted by molar-refractivity contribution is 7.14. The van der Waals surface area contributed by atoms with Crippen molar-refractivity contribution < 1.29 is 14.4 Å². The van der Waals surface area contributed by atoms with Crippen molar-refractivity contribution in [1.82, 2.24) is 19.7 Å². The van der Waals surface area contributed by atoms with E-state index < -0.39 is 0 Å². The first kappa shape index (κ1) is 22.3. The van der Waals surface area contributed by atoms with Crippen LogP contribution >= 0.6 is 34.5 Å². The van der Waals surface area contributed by atoms with Gasteiger partial charge in [-0.25, -0.2) is 4.98 Å². The molecule has 160 valence electrons. The normalized spacial score (nSPS) is 13.9. The molecule has 8 nitrogen and oxygen atoms in total. The van der Waals surface area contributed by atoms with E-state index in [1.807, 2.05) is 0 Å². The maximum absolute atomic E-state index is 12.7. The molecule has 3 rings (SSSR count). The lowest BCUT2D eigenvalue weighted by atomic mass is 10.3. The number of likely N-dealkylation sites (N-methyl/N-ethyl adjacent to an activating group) is 1. The van der Waals surface area contributed by atoms with Gasteiger partial charge in [-0.05, 0) is 12.1 Å². The van der Waals surface area contributed by atoms with Gasteiger partial charge < -0.3 is 20.0 Å². The number of halogens is 2. The minimum Gasteiger partial charge on any atom is -0.339 e. The Labute approximate surface area is 188 Å². The molecular weight excluding hydrogens is 449 g/mol. The molecule has 1 aromatic carbocycles. The summed E-state index contributed by atoms with van der Waals surface area (Å²) >= 11 is 13.4. The van der Waals surface area contributed by atoms with Crippen molar-refractivity contribution >= 4 is 63.1 Å². The molecule has 0 unspecified atom stereocenters. The molecule has 0 atom stereocenters. The van der Waals surface area contributed by atoms with Crippen LogP contribution in [0.1, 0.15) is 17.4 Å². The van der Waals surface area contributed by atoms with E-state index in [2.05, 4.69) is 10.3 Å². The van der Waals surface area contributed by atoms with E-state index in [0.29, 0.717) is 47.0 Å². The first-order chi connectivity index (χ1) is 14.3. The van der Waals surface area contributed by atoms with Crippen molar-refractivity contribution in [3.8, 4) is 0 Å². The monoisotopic (exact) mass is 469 g/mol. The lowest BCUT2D eigenvalue weighted by Gasteiger charge is -2.34. The predicted octanol–water partition coefficient (Wildman–Crippen LogP) is 2.96. The van der Waals surface area contributed by atoms with Crippen LogP contribution in [0.3, 0.4) is 0 Å². The Balaban J connectivity index is 1.57. The summed E-state index contributed by atoms with van der Waals surface area (Å²) in [5.41, 5.74) is 0.822. The van der Waals surface area contributed by atoms with Crippen molar-refractivity contribution in [1.29, 1.82) is 0 Å². The number of amides is 3. The second kappa shape index (κ2) is 9.63. The minimum atomic E-state index is -0.354. The van der Waals surface area contributed by atoms with Crippen LogP contribution in [-0.2, 0) is 9.59 Å². The Kier molecular flexibility index (Phi) is 7.17. The summed E-state index contributed by atoms with van der Waals surface area (Å²) in [4.78, 5) is 45.6. The third-order valence-corrected chi connectivity index (χ3v) is 6.29. The molecule has 3 amide bonds. The Hall–Kier alpha value is -2.36. The molecule has 0 bridgehead atoms. The average Bonchev–Trinajstić information content (AvgIpc) is 3.19. The van der Waals surface area contributed by atoms with Crippen LogP contribution in [0.15, 0.2) is 23.6 Å². The molecule has 2 aromatic rings. The highest BCUT2D eigenvalue weighted by Crippen LogP contribution is 2.32. The van der Waals surface area contributed by atoms with Gasteiger partial charge in [0.25, 0.3) is 5.91 Å². The third-order valence-electron chi connectivity index (χ3n) is 4.71. The average molecular weight is 470 g/mol. The van der Waals surface area contributed by atoms with Crippen molar-refractivity contribution in [2.45, 2.75) is 6.92 Å². The number of carbonyl (C=O) groups excluding carboxylic acids is 3. The lowest BCUT2D eigenvalue weighted by molar-refractivity contribution is -0.138. The van der Waals surface area contributed by atoms with Gasteiger partial charge in [-0.3, -0.25) is 14.4 Å². The fraction of sp³-hybridized carbons (Fsp3) is 0.368. The number of anilines is 2. The van der Waals surface area contributed by atoms with Crippen molar-refractivity contribution in [2.24, 2.45) is 0 Å². The smallest absolute Gasteiger partial charge is 0.273 e. The quantitative estimate of drug-likeness (QED) is 0.727. The van der Waals surface area contributed by atoms with Gasteiger partial charge in [-0.15, -0.1) is 11.3 Å². The van der Waals surface area contributed by atoms with Crippen LogP contribution in [0.2, 0.25) is 10.0 Å². The van der Waals surface area contributed by atoms with Gasteiger partial charge in [-0.2, -0.15) is 0 Å². The van der Waals surface area contributed by atoms with Crippen LogP contribution in [0.5, 0.6) is 0 Å². The SMILES string of the molecule is CC(=O)N1CCN(C(=O)CN(C)C(=O)c2csc(Nc3cccc(Cl)c3Cl)n2)CC1. The number of carbonyl (C=O) groups is 3. The molecule has 11 heteroatoms. The summed E-state index contributed by atoms with van der Waals surface area (Å²) < 4.78 is 0. The van der Waals surface area contributed by atoms with E-state index in [1.165, 1.54) is 23.2 Å². The topological polar surface area (TPSA) is 85.9 Å². The standard InChI is InChI=1S/C19H21Cl2N5O3S/c1-12(27)25-6-8-26(9-7-25)16(28)10-24(2)18(29)15-11-30-19(23-15)22-14-5-3-4-13(20)17(14)21/h3-5,11H,6-10H2,1-2H3,(H,22,23). The number of thiazole rings is 1. The summed E-state index contributed by atoms with van der Waals surface area (Å²) in [6.07, 6.45) is 0. The maximum Gasteiger partial charge on any atom is 0.273 e. The fourth-order valence-electron chi connectivity index (χ4n) is 2.99. The van der Waals surface area contributed by atoms with E-state index in [4.69, 9.17) is 23.2 Å². The van der Waals surface area contributed by atoms with Gasteiger partial charge in [0.2, 0.25) is 11.8 Å². The van der Waals surface area contributed by atoms with Crippen LogP contribution in [0, 0.1) is 0 Å². The molecule has 30 heavy (non-hydrogen) atoms. The van der Waals surface area contributed by atoms with Gasteiger partial charge in [0.05, 0.1) is 22.3 Å². The second-order valence-corrected chi connectivity index (χ2v) is 8.46. The van der Waals surface area contributed by atoms with Gasteiger partial charge in [0.15, 0.2) is 5.13 Å². The molecule has 0 radical (unpaired) electrons. The van der Waals surface area contributed by atoms with Crippen molar-refractivity contribution in [3.63, 3.8) is 0 Å². The summed E-state index contributed by atoms with van der Waals surface area (Å²) in [7, 11) is 1.56. The number of rotatable bonds is 5. The third kappa shape index (κ3) is 5.21. The zero-order valence-corrected chi connectivity index (χ0v) is 18.9. The van der Waals surface area contributed by atoms with E-state index in [9.17, 15) is 14.4 Å². The molecule has 1 aliphatic heterocycles. The number of nitrogens with zero attached hydrogens (tertiary/aromatic N) is 4. The molecule has 2 heterocycles. The number of hydrogen-bond donors (Lipinski definition) is 1. The fourth-order valence-corrected chi connectivity index (χ4v) is 4.03. The second-order valence-electron chi connectivity index (χ2n) is 6.81. The first-order valence-corrected chi connectivity index (χ1v) is 10.8. The summed E-state index contributed by atoms with van der Waals surface area (Å²) in [5, 5.41) is 5.94. The van der Waals surface area contributed by atoms with Gasteiger partial charge >= 0.3 is 0 Å². The highest BCUT2D eigenvalue weighted by Gasteiger charge is 2.25. The molecule has 1 saturated heterocycles.